The van der Waals surface area contributed by atoms with Gasteiger partial charge in [0, 0.05) is 4.47 Å². The topological polar surface area (TPSA) is 26.3 Å². The van der Waals surface area contributed by atoms with E-state index in [1.54, 1.807) is 0 Å². The van der Waals surface area contributed by atoms with Crippen molar-refractivity contribution in [1.29, 1.82) is 0 Å². The van der Waals surface area contributed by atoms with Crippen molar-refractivity contribution in [2.24, 2.45) is 0 Å². The van der Waals surface area contributed by atoms with Gasteiger partial charge in [0.05, 0.1) is 13.5 Å². The van der Waals surface area contributed by atoms with Gasteiger partial charge in [-0.2, -0.15) is 0 Å². The molecule has 1 aromatic rings. The molecule has 0 saturated carbocycles. The highest BCUT2D eigenvalue weighted by Gasteiger charge is 2.11. The van der Waals surface area contributed by atoms with Crippen molar-refractivity contribution >= 4 is 21.9 Å². The fraction of sp³-hybridized carbons (Fsp3) is 0.417. The normalized spacial score (nSPS) is 12.3. The Morgan fingerprint density at radius 2 is 2.20 bits per heavy atom. The van der Waals surface area contributed by atoms with Crippen molar-refractivity contribution in [2.45, 2.75) is 26.2 Å². The zero-order valence-corrected chi connectivity index (χ0v) is 10.8. The Morgan fingerprint density at radius 1 is 1.53 bits per heavy atom. The average molecular weight is 271 g/mol. The molecule has 3 heteroatoms. The highest BCUT2D eigenvalue weighted by atomic mass is 79.9. The van der Waals surface area contributed by atoms with Gasteiger partial charge in [-0.15, -0.1) is 0 Å². The van der Waals surface area contributed by atoms with Gasteiger partial charge in [-0.05, 0) is 30.0 Å². The Kier molecular flexibility index (Phi) is 4.33. The molecule has 1 rings (SSSR count). The predicted molar refractivity (Wildman–Crippen MR) is 63.9 cm³/mol. The van der Waals surface area contributed by atoms with Gasteiger partial charge in [0.25, 0.3) is 0 Å². The van der Waals surface area contributed by atoms with Gasteiger partial charge >= 0.3 is 5.97 Å². The van der Waals surface area contributed by atoms with Crippen LogP contribution in [-0.4, -0.2) is 13.1 Å². The van der Waals surface area contributed by atoms with Crippen molar-refractivity contribution in [2.75, 3.05) is 7.11 Å². The van der Waals surface area contributed by atoms with E-state index in [-0.39, 0.29) is 11.9 Å². The van der Waals surface area contributed by atoms with Crippen LogP contribution in [0.1, 0.15) is 30.4 Å². The maximum atomic E-state index is 11.1. The number of rotatable bonds is 3. The molecule has 0 fully saturated rings. The molecule has 0 aromatic heterocycles. The van der Waals surface area contributed by atoms with E-state index in [1.807, 2.05) is 26.0 Å². The van der Waals surface area contributed by atoms with Crippen LogP contribution in [0.3, 0.4) is 0 Å². The van der Waals surface area contributed by atoms with E-state index in [0.717, 1.165) is 10.0 Å². The fourth-order valence-corrected chi connectivity index (χ4v) is 1.76. The van der Waals surface area contributed by atoms with Crippen LogP contribution in [0.25, 0.3) is 0 Å². The minimum atomic E-state index is -0.167. The van der Waals surface area contributed by atoms with Gasteiger partial charge in [0.2, 0.25) is 0 Å². The molecule has 0 amide bonds. The van der Waals surface area contributed by atoms with Crippen LogP contribution in [0.5, 0.6) is 0 Å². The molecule has 0 spiro atoms. The first-order chi connectivity index (χ1) is 7.04. The first-order valence-electron chi connectivity index (χ1n) is 4.87. The molecule has 0 aliphatic carbocycles. The van der Waals surface area contributed by atoms with E-state index in [4.69, 9.17) is 0 Å². The van der Waals surface area contributed by atoms with Crippen LogP contribution in [0.15, 0.2) is 22.7 Å². The molecule has 82 valence electrons. The number of carbonyl (C=O) groups is 1. The summed E-state index contributed by atoms with van der Waals surface area (Å²) in [5.74, 6) is 0.0218. The summed E-state index contributed by atoms with van der Waals surface area (Å²) in [6.45, 7) is 4.06. The highest BCUT2D eigenvalue weighted by Crippen LogP contribution is 2.25. The SMILES string of the molecule is COC(=O)CC(C)c1ccc(C)c(Br)c1. The number of carbonyl (C=O) groups excluding carboxylic acids is 1. The van der Waals surface area contributed by atoms with Gasteiger partial charge in [0.1, 0.15) is 0 Å². The van der Waals surface area contributed by atoms with E-state index >= 15 is 0 Å². The predicted octanol–water partition coefficient (Wildman–Crippen LogP) is 3.42. The third kappa shape index (κ3) is 3.34. The molecule has 0 aliphatic heterocycles. The van der Waals surface area contributed by atoms with Gasteiger partial charge < -0.3 is 4.74 Å². The fourth-order valence-electron chi connectivity index (χ4n) is 1.37. The Morgan fingerprint density at radius 3 is 2.73 bits per heavy atom. The van der Waals surface area contributed by atoms with Crippen LogP contribution in [0.2, 0.25) is 0 Å². The van der Waals surface area contributed by atoms with Gasteiger partial charge in [-0.3, -0.25) is 4.79 Å². The Bertz CT molecular complexity index is 361. The van der Waals surface area contributed by atoms with Gasteiger partial charge in [0.15, 0.2) is 0 Å². The molecule has 1 unspecified atom stereocenters. The summed E-state index contributed by atoms with van der Waals surface area (Å²) in [4.78, 5) is 11.1. The van der Waals surface area contributed by atoms with Crippen LogP contribution >= 0.6 is 15.9 Å². The zero-order valence-electron chi connectivity index (χ0n) is 9.21. The second-order valence-corrected chi connectivity index (χ2v) is 4.54. The first kappa shape index (κ1) is 12.2. The molecule has 0 heterocycles. The molecule has 15 heavy (non-hydrogen) atoms. The Labute approximate surface area is 98.8 Å². The lowest BCUT2D eigenvalue weighted by molar-refractivity contribution is -0.140. The standard InChI is InChI=1S/C12H15BrO2/c1-8-4-5-10(7-11(8)13)9(2)6-12(14)15-3/h4-5,7,9H,6H2,1-3H3. The second kappa shape index (κ2) is 5.31. The average Bonchev–Trinajstić information content (AvgIpc) is 2.21. The summed E-state index contributed by atoms with van der Waals surface area (Å²) >= 11 is 3.48. The molecule has 0 saturated heterocycles. The number of aryl methyl sites for hydroxylation is 1. The third-order valence-corrected chi connectivity index (χ3v) is 3.32. The number of methoxy groups -OCH3 is 1. The number of hydrogen-bond donors (Lipinski definition) is 0. The summed E-state index contributed by atoms with van der Waals surface area (Å²) in [7, 11) is 1.42. The van der Waals surface area contributed by atoms with Crippen molar-refractivity contribution in [1.82, 2.24) is 0 Å². The maximum Gasteiger partial charge on any atom is 0.306 e. The molecule has 0 radical (unpaired) electrons. The summed E-state index contributed by atoms with van der Waals surface area (Å²) < 4.78 is 5.73. The van der Waals surface area contributed by atoms with Crippen LogP contribution in [-0.2, 0) is 9.53 Å². The van der Waals surface area contributed by atoms with E-state index in [2.05, 4.69) is 26.7 Å². The Balaban J connectivity index is 2.78. The smallest absolute Gasteiger partial charge is 0.306 e. The van der Waals surface area contributed by atoms with E-state index in [0.29, 0.717) is 6.42 Å². The number of ether oxygens (including phenoxy) is 1. The van der Waals surface area contributed by atoms with E-state index in [1.165, 1.54) is 12.7 Å². The van der Waals surface area contributed by atoms with Gasteiger partial charge in [-0.1, -0.05) is 35.0 Å². The second-order valence-electron chi connectivity index (χ2n) is 3.69. The lowest BCUT2D eigenvalue weighted by atomic mass is 9.97. The highest BCUT2D eigenvalue weighted by molar-refractivity contribution is 9.10. The first-order valence-corrected chi connectivity index (χ1v) is 5.66. The van der Waals surface area contributed by atoms with Gasteiger partial charge in [-0.25, -0.2) is 0 Å². The summed E-state index contributed by atoms with van der Waals surface area (Å²) in [5.41, 5.74) is 2.35. The van der Waals surface area contributed by atoms with Crippen molar-refractivity contribution in [3.8, 4) is 0 Å². The molecule has 0 N–H and O–H groups in total. The Hall–Kier alpha value is -0.830. The maximum absolute atomic E-state index is 11.1. The number of halogens is 1. The quantitative estimate of drug-likeness (QED) is 0.787. The van der Waals surface area contributed by atoms with E-state index in [9.17, 15) is 4.79 Å². The summed E-state index contributed by atoms with van der Waals surface area (Å²) in [6.07, 6.45) is 0.423. The molecule has 2 nitrogen and oxygen atoms in total. The molecule has 0 bridgehead atoms. The zero-order chi connectivity index (χ0) is 11.4. The van der Waals surface area contributed by atoms with Crippen LogP contribution in [0.4, 0.5) is 0 Å². The monoisotopic (exact) mass is 270 g/mol. The summed E-state index contributed by atoms with van der Waals surface area (Å²) in [5, 5.41) is 0. The summed E-state index contributed by atoms with van der Waals surface area (Å²) in [6, 6.07) is 6.16. The number of esters is 1. The molecular weight excluding hydrogens is 256 g/mol. The molecular formula is C12H15BrO2. The van der Waals surface area contributed by atoms with Crippen molar-refractivity contribution in [3.05, 3.63) is 33.8 Å². The van der Waals surface area contributed by atoms with Crippen molar-refractivity contribution < 1.29 is 9.53 Å². The number of benzene rings is 1. The molecule has 1 atom stereocenters. The lowest BCUT2D eigenvalue weighted by Gasteiger charge is -2.11. The minimum Gasteiger partial charge on any atom is -0.469 e. The van der Waals surface area contributed by atoms with Crippen molar-refractivity contribution in [3.63, 3.8) is 0 Å². The van der Waals surface area contributed by atoms with Crippen LogP contribution in [0, 0.1) is 6.92 Å². The molecule has 1 aromatic carbocycles. The number of hydrogen-bond acceptors (Lipinski definition) is 2. The van der Waals surface area contributed by atoms with Crippen LogP contribution < -0.4 is 0 Å². The lowest BCUT2D eigenvalue weighted by Crippen LogP contribution is -2.06. The largest absolute Gasteiger partial charge is 0.469 e. The third-order valence-electron chi connectivity index (χ3n) is 2.47. The van der Waals surface area contributed by atoms with E-state index < -0.39 is 0 Å². The minimum absolute atomic E-state index is 0.167. The molecule has 0 aliphatic rings.